The lowest BCUT2D eigenvalue weighted by atomic mass is 10.0. The van der Waals surface area contributed by atoms with Crippen molar-refractivity contribution in [1.29, 1.82) is 0 Å². The first kappa shape index (κ1) is 28.4. The van der Waals surface area contributed by atoms with Crippen LogP contribution in [0.2, 0.25) is 0 Å². The highest BCUT2D eigenvalue weighted by molar-refractivity contribution is 6.05. The highest BCUT2D eigenvalue weighted by Crippen LogP contribution is 2.34. The molecule has 0 N–H and O–H groups in total. The first-order chi connectivity index (χ1) is 24.2. The van der Waals surface area contributed by atoms with Gasteiger partial charge in [0.15, 0.2) is 23.3 Å². The maximum Gasteiger partial charge on any atom is 0.164 e. The van der Waals surface area contributed by atoms with Crippen LogP contribution in [-0.2, 0) is 0 Å². The molecular weight excluding hydrogens is 603 g/mol. The largest absolute Gasteiger partial charge is 0.456 e. The molecule has 9 aromatic rings. The zero-order valence-electron chi connectivity index (χ0n) is 26.2. The van der Waals surface area contributed by atoms with Gasteiger partial charge in [-0.15, -0.1) is 0 Å². The molecule has 0 aliphatic carbocycles. The fourth-order valence-corrected chi connectivity index (χ4v) is 6.10. The standard InChI is InChI=1S/C43H27N5O/c1-4-13-28(14-5-1)36-27-37(31-23-24-35-34-21-10-11-22-38(34)49-39(35)26-31)45-42(44-36)32-19-12-20-33(25-32)43-47-40(29-15-6-2-7-16-29)46-41(48-43)30-17-8-3-9-18-30/h1-27H. The highest BCUT2D eigenvalue weighted by atomic mass is 16.3. The lowest BCUT2D eigenvalue weighted by Crippen LogP contribution is -2.00. The Balaban J connectivity index is 1.18. The van der Waals surface area contributed by atoms with Crippen molar-refractivity contribution in [2.45, 2.75) is 0 Å². The van der Waals surface area contributed by atoms with Crippen molar-refractivity contribution in [2.24, 2.45) is 0 Å². The minimum atomic E-state index is 0.573. The van der Waals surface area contributed by atoms with Gasteiger partial charge in [-0.05, 0) is 30.3 Å². The molecule has 0 aliphatic rings. The molecule has 0 aliphatic heterocycles. The summed E-state index contributed by atoms with van der Waals surface area (Å²) in [6, 6.07) is 54.7. The third-order valence-electron chi connectivity index (χ3n) is 8.55. The normalized spacial score (nSPS) is 11.3. The second kappa shape index (κ2) is 12.1. The molecule has 0 atom stereocenters. The summed E-state index contributed by atoms with van der Waals surface area (Å²) in [4.78, 5) is 24.9. The second-order valence-electron chi connectivity index (χ2n) is 11.8. The monoisotopic (exact) mass is 629 g/mol. The van der Waals surface area contributed by atoms with Crippen molar-refractivity contribution in [1.82, 2.24) is 24.9 Å². The van der Waals surface area contributed by atoms with Gasteiger partial charge in [0.25, 0.3) is 0 Å². The van der Waals surface area contributed by atoms with Crippen LogP contribution in [0.15, 0.2) is 168 Å². The van der Waals surface area contributed by atoms with Crippen molar-refractivity contribution >= 4 is 21.9 Å². The van der Waals surface area contributed by atoms with Gasteiger partial charge in [0.1, 0.15) is 11.2 Å². The molecular formula is C43H27N5O. The summed E-state index contributed by atoms with van der Waals surface area (Å²) < 4.78 is 6.23. The number of furan rings is 1. The van der Waals surface area contributed by atoms with E-state index < -0.39 is 0 Å². The van der Waals surface area contributed by atoms with Crippen molar-refractivity contribution < 1.29 is 4.42 Å². The summed E-state index contributed by atoms with van der Waals surface area (Å²) in [6.45, 7) is 0. The molecule has 9 rings (SSSR count). The van der Waals surface area contributed by atoms with E-state index in [4.69, 9.17) is 29.3 Å². The lowest BCUT2D eigenvalue weighted by Gasteiger charge is -2.11. The summed E-state index contributed by atoms with van der Waals surface area (Å²) in [5, 5.41) is 2.17. The van der Waals surface area contributed by atoms with E-state index in [1.807, 2.05) is 121 Å². The Bertz CT molecular complexity index is 2540. The maximum absolute atomic E-state index is 6.23. The van der Waals surface area contributed by atoms with Crippen molar-refractivity contribution in [3.63, 3.8) is 0 Å². The van der Waals surface area contributed by atoms with E-state index in [1.165, 1.54) is 0 Å². The molecule has 49 heavy (non-hydrogen) atoms. The average molecular weight is 630 g/mol. The summed E-state index contributed by atoms with van der Waals surface area (Å²) in [5.41, 5.74) is 8.80. The van der Waals surface area contributed by atoms with Crippen LogP contribution < -0.4 is 0 Å². The number of para-hydroxylation sites is 1. The Morgan fingerprint density at radius 1 is 0.286 bits per heavy atom. The number of hydrogen-bond acceptors (Lipinski definition) is 6. The zero-order chi connectivity index (χ0) is 32.6. The number of fused-ring (bicyclic) bond motifs is 3. The van der Waals surface area contributed by atoms with E-state index in [2.05, 4.69) is 42.5 Å². The predicted molar refractivity (Wildman–Crippen MR) is 195 cm³/mol. The Morgan fingerprint density at radius 3 is 1.39 bits per heavy atom. The van der Waals surface area contributed by atoms with Gasteiger partial charge in [-0.1, -0.05) is 133 Å². The van der Waals surface area contributed by atoms with E-state index in [1.54, 1.807) is 0 Å². The molecule has 6 aromatic carbocycles. The smallest absolute Gasteiger partial charge is 0.164 e. The van der Waals surface area contributed by atoms with E-state index >= 15 is 0 Å². The van der Waals surface area contributed by atoms with Crippen LogP contribution in [0, 0.1) is 0 Å². The van der Waals surface area contributed by atoms with Crippen molar-refractivity contribution in [3.05, 3.63) is 164 Å². The third kappa shape index (κ3) is 5.51. The molecule has 3 heterocycles. The van der Waals surface area contributed by atoms with E-state index in [0.29, 0.717) is 23.3 Å². The molecule has 0 unspecified atom stereocenters. The summed E-state index contributed by atoms with van der Waals surface area (Å²) >= 11 is 0. The van der Waals surface area contributed by atoms with Gasteiger partial charge in [0, 0.05) is 44.2 Å². The fourth-order valence-electron chi connectivity index (χ4n) is 6.10. The maximum atomic E-state index is 6.23. The molecule has 3 aromatic heterocycles. The second-order valence-corrected chi connectivity index (χ2v) is 11.8. The summed E-state index contributed by atoms with van der Waals surface area (Å²) in [5.74, 6) is 2.40. The molecule has 6 heteroatoms. The summed E-state index contributed by atoms with van der Waals surface area (Å²) in [6.07, 6.45) is 0. The highest BCUT2D eigenvalue weighted by Gasteiger charge is 2.16. The van der Waals surface area contributed by atoms with Crippen LogP contribution >= 0.6 is 0 Å². The molecule has 230 valence electrons. The molecule has 0 fully saturated rings. The van der Waals surface area contributed by atoms with Crippen LogP contribution in [0.3, 0.4) is 0 Å². The first-order valence-corrected chi connectivity index (χ1v) is 16.1. The molecule has 0 bridgehead atoms. The Hall–Kier alpha value is -6.79. The van der Waals surface area contributed by atoms with Gasteiger partial charge in [-0.25, -0.2) is 24.9 Å². The van der Waals surface area contributed by atoms with Crippen LogP contribution in [0.25, 0.3) is 90.0 Å². The minimum absolute atomic E-state index is 0.573. The lowest BCUT2D eigenvalue weighted by molar-refractivity contribution is 0.669. The molecule has 0 saturated heterocycles. The van der Waals surface area contributed by atoms with Crippen LogP contribution in [-0.4, -0.2) is 24.9 Å². The van der Waals surface area contributed by atoms with Gasteiger partial charge in [0.05, 0.1) is 11.4 Å². The Kier molecular flexibility index (Phi) is 7.02. The SMILES string of the molecule is c1ccc(-c2cc(-c3ccc4c(c3)oc3ccccc34)nc(-c3cccc(-c4nc(-c5ccccc5)nc(-c5ccccc5)n4)c3)n2)cc1. The average Bonchev–Trinajstić information content (AvgIpc) is 3.57. The van der Waals surface area contributed by atoms with Crippen molar-refractivity contribution in [3.8, 4) is 68.1 Å². The first-order valence-electron chi connectivity index (χ1n) is 16.1. The third-order valence-corrected chi connectivity index (χ3v) is 8.55. The van der Waals surface area contributed by atoms with Gasteiger partial charge in [-0.3, -0.25) is 0 Å². The Labute approximate surface area is 282 Å². The van der Waals surface area contributed by atoms with E-state index in [-0.39, 0.29) is 0 Å². The number of rotatable bonds is 6. The van der Waals surface area contributed by atoms with E-state index in [9.17, 15) is 0 Å². The molecule has 0 amide bonds. The van der Waals surface area contributed by atoms with Crippen LogP contribution in [0.4, 0.5) is 0 Å². The fraction of sp³-hybridized carbons (Fsp3) is 0. The number of nitrogens with zero attached hydrogens (tertiary/aromatic N) is 5. The quantitative estimate of drug-likeness (QED) is 0.182. The molecule has 0 saturated carbocycles. The number of aromatic nitrogens is 5. The summed E-state index contributed by atoms with van der Waals surface area (Å²) in [7, 11) is 0. The molecule has 0 radical (unpaired) electrons. The Morgan fingerprint density at radius 2 is 0.755 bits per heavy atom. The number of benzene rings is 6. The molecule has 0 spiro atoms. The van der Waals surface area contributed by atoms with E-state index in [0.717, 1.165) is 66.7 Å². The van der Waals surface area contributed by atoms with Crippen LogP contribution in [0.5, 0.6) is 0 Å². The van der Waals surface area contributed by atoms with Gasteiger partial charge < -0.3 is 4.42 Å². The number of hydrogen-bond donors (Lipinski definition) is 0. The van der Waals surface area contributed by atoms with Gasteiger partial charge >= 0.3 is 0 Å². The van der Waals surface area contributed by atoms with Crippen LogP contribution in [0.1, 0.15) is 0 Å². The zero-order valence-corrected chi connectivity index (χ0v) is 26.2. The molecule has 6 nitrogen and oxygen atoms in total. The predicted octanol–water partition coefficient (Wildman–Crippen LogP) is 10.6. The topological polar surface area (TPSA) is 77.6 Å². The van der Waals surface area contributed by atoms with Gasteiger partial charge in [0.2, 0.25) is 0 Å². The van der Waals surface area contributed by atoms with Gasteiger partial charge in [-0.2, -0.15) is 0 Å². The minimum Gasteiger partial charge on any atom is -0.456 e. The van der Waals surface area contributed by atoms with Crippen molar-refractivity contribution in [2.75, 3.05) is 0 Å².